The van der Waals surface area contributed by atoms with E-state index in [2.05, 4.69) is 33.0 Å². The van der Waals surface area contributed by atoms with E-state index in [1.54, 1.807) is 7.11 Å². The van der Waals surface area contributed by atoms with Crippen molar-refractivity contribution in [3.8, 4) is 0 Å². The predicted molar refractivity (Wildman–Crippen MR) is 85.5 cm³/mol. The van der Waals surface area contributed by atoms with E-state index >= 15 is 0 Å². The van der Waals surface area contributed by atoms with Crippen LogP contribution < -0.4 is 5.32 Å². The molecule has 20 heavy (non-hydrogen) atoms. The Morgan fingerprint density at radius 2 is 1.95 bits per heavy atom. The molecule has 114 valence electrons. The molecule has 0 aromatic carbocycles. The summed E-state index contributed by atoms with van der Waals surface area (Å²) in [6, 6.07) is 0. The highest BCUT2D eigenvalue weighted by Gasteiger charge is 2.36. The Kier molecular flexibility index (Phi) is 4.88. The molecule has 3 nitrogen and oxygen atoms in total. The molecule has 2 rings (SSSR count). The maximum Gasteiger partial charge on any atom is 0.113 e. The summed E-state index contributed by atoms with van der Waals surface area (Å²) in [5.41, 5.74) is 1.09. The molecule has 1 heterocycles. The second kappa shape index (κ2) is 6.12. The van der Waals surface area contributed by atoms with Crippen LogP contribution in [0.15, 0.2) is 0 Å². The largest absolute Gasteiger partial charge is 0.379 e. The summed E-state index contributed by atoms with van der Waals surface area (Å²) in [7, 11) is 1.79. The molecule has 1 atom stereocenters. The van der Waals surface area contributed by atoms with Crippen molar-refractivity contribution in [2.75, 3.05) is 13.7 Å². The average molecular weight is 296 g/mol. The molecule has 0 amide bonds. The van der Waals surface area contributed by atoms with Gasteiger partial charge >= 0.3 is 0 Å². The lowest BCUT2D eigenvalue weighted by Crippen LogP contribution is -2.45. The lowest BCUT2D eigenvalue weighted by atomic mass is 9.88. The van der Waals surface area contributed by atoms with Crippen LogP contribution in [-0.4, -0.2) is 24.2 Å². The fourth-order valence-electron chi connectivity index (χ4n) is 3.12. The quantitative estimate of drug-likeness (QED) is 0.870. The van der Waals surface area contributed by atoms with Crippen LogP contribution in [-0.2, 0) is 23.1 Å². The Morgan fingerprint density at radius 3 is 2.55 bits per heavy atom. The van der Waals surface area contributed by atoms with Gasteiger partial charge in [-0.2, -0.15) is 0 Å². The minimum Gasteiger partial charge on any atom is -0.379 e. The van der Waals surface area contributed by atoms with Crippen molar-refractivity contribution in [2.45, 2.75) is 70.9 Å². The summed E-state index contributed by atoms with van der Waals surface area (Å²) in [5, 5.41) is 4.88. The fourth-order valence-corrected chi connectivity index (χ4v) is 4.39. The lowest BCUT2D eigenvalue weighted by Gasteiger charge is -2.36. The first kappa shape index (κ1) is 15.9. The van der Waals surface area contributed by atoms with Gasteiger partial charge in [-0.1, -0.05) is 6.92 Å². The van der Waals surface area contributed by atoms with Gasteiger partial charge in [-0.3, -0.25) is 0 Å². The Morgan fingerprint density at radius 1 is 1.25 bits per heavy atom. The molecule has 0 spiro atoms. The first-order chi connectivity index (χ1) is 9.40. The van der Waals surface area contributed by atoms with Gasteiger partial charge in [0.25, 0.3) is 0 Å². The van der Waals surface area contributed by atoms with E-state index in [1.807, 2.05) is 11.3 Å². The van der Waals surface area contributed by atoms with Crippen LogP contribution in [0.2, 0.25) is 0 Å². The number of rotatable bonds is 6. The van der Waals surface area contributed by atoms with Crippen molar-refractivity contribution in [3.63, 3.8) is 0 Å². The van der Waals surface area contributed by atoms with Crippen molar-refractivity contribution in [1.29, 1.82) is 0 Å². The highest BCUT2D eigenvalue weighted by atomic mass is 32.1. The van der Waals surface area contributed by atoms with Gasteiger partial charge in [0, 0.05) is 18.4 Å². The van der Waals surface area contributed by atoms with Crippen LogP contribution in [0.3, 0.4) is 0 Å². The molecule has 0 aliphatic heterocycles. The topological polar surface area (TPSA) is 34.1 Å². The van der Waals surface area contributed by atoms with Crippen molar-refractivity contribution in [3.05, 3.63) is 15.6 Å². The number of thiazole rings is 1. The summed E-state index contributed by atoms with van der Waals surface area (Å²) in [6.45, 7) is 9.67. The van der Waals surface area contributed by atoms with Gasteiger partial charge in [0.2, 0.25) is 0 Å². The smallest absolute Gasteiger partial charge is 0.113 e. The van der Waals surface area contributed by atoms with Crippen LogP contribution in [0.25, 0.3) is 0 Å². The molecule has 4 heteroatoms. The fraction of sp³-hybridized carbons (Fsp3) is 0.812. The summed E-state index contributed by atoms with van der Waals surface area (Å²) in [4.78, 5) is 6.47. The number of fused-ring (bicyclic) bond motifs is 1. The molecular formula is C16H28N2OS. The van der Waals surface area contributed by atoms with Crippen molar-refractivity contribution >= 4 is 11.3 Å². The van der Waals surface area contributed by atoms with Crippen LogP contribution >= 0.6 is 11.3 Å². The zero-order valence-electron chi connectivity index (χ0n) is 13.5. The number of hydrogen-bond acceptors (Lipinski definition) is 4. The van der Waals surface area contributed by atoms with Gasteiger partial charge in [0.15, 0.2) is 0 Å². The summed E-state index contributed by atoms with van der Waals surface area (Å²) < 4.78 is 5.64. The van der Waals surface area contributed by atoms with E-state index in [0.717, 1.165) is 19.4 Å². The van der Waals surface area contributed by atoms with Crippen LogP contribution in [0, 0.1) is 0 Å². The molecule has 1 aromatic rings. The number of methoxy groups -OCH3 is 1. The zero-order valence-corrected chi connectivity index (χ0v) is 14.3. The van der Waals surface area contributed by atoms with Gasteiger partial charge in [-0.25, -0.2) is 4.98 Å². The van der Waals surface area contributed by atoms with Gasteiger partial charge in [-0.15, -0.1) is 11.3 Å². The van der Waals surface area contributed by atoms with Crippen LogP contribution in [0.5, 0.6) is 0 Å². The molecule has 0 fully saturated rings. The van der Waals surface area contributed by atoms with E-state index < -0.39 is 0 Å². The molecule has 1 aromatic heterocycles. The van der Waals surface area contributed by atoms with E-state index in [0.29, 0.717) is 0 Å². The molecule has 0 saturated carbocycles. The third-order valence-corrected chi connectivity index (χ3v) is 5.64. The standard InChI is InChI=1S/C16H28N2OS/c1-6-17-16(4,11-15(2,3)19-5)14-18-12-9-7-8-10-13(12)20-14/h17H,6-11H2,1-5H3. The van der Waals surface area contributed by atoms with E-state index in [4.69, 9.17) is 9.72 Å². The normalized spacial score (nSPS) is 18.6. The maximum absolute atomic E-state index is 5.64. The molecular weight excluding hydrogens is 268 g/mol. The van der Waals surface area contributed by atoms with Gasteiger partial charge in [0.1, 0.15) is 5.01 Å². The second-order valence-corrected chi connectivity index (χ2v) is 7.68. The molecule has 0 bridgehead atoms. The Labute approximate surface area is 127 Å². The maximum atomic E-state index is 5.64. The van der Waals surface area contributed by atoms with Gasteiger partial charge in [0.05, 0.1) is 16.8 Å². The Bertz CT molecular complexity index is 432. The van der Waals surface area contributed by atoms with Gasteiger partial charge in [-0.05, 0) is 53.0 Å². The summed E-state index contributed by atoms with van der Waals surface area (Å²) >= 11 is 1.90. The third-order valence-electron chi connectivity index (χ3n) is 4.22. The minimum absolute atomic E-state index is 0.101. The predicted octanol–water partition coefficient (Wildman–Crippen LogP) is 3.66. The average Bonchev–Trinajstić information content (AvgIpc) is 2.83. The Hall–Kier alpha value is -0.450. The van der Waals surface area contributed by atoms with Crippen molar-refractivity contribution in [2.24, 2.45) is 0 Å². The van der Waals surface area contributed by atoms with Gasteiger partial charge < -0.3 is 10.1 Å². The number of ether oxygens (including phenoxy) is 1. The van der Waals surface area contributed by atoms with Crippen LogP contribution in [0.1, 0.15) is 62.5 Å². The minimum atomic E-state index is -0.150. The van der Waals surface area contributed by atoms with E-state index in [9.17, 15) is 0 Å². The van der Waals surface area contributed by atoms with Crippen molar-refractivity contribution in [1.82, 2.24) is 10.3 Å². The highest BCUT2D eigenvalue weighted by molar-refractivity contribution is 7.11. The number of nitrogens with one attached hydrogen (secondary N) is 1. The zero-order chi connectivity index (χ0) is 14.8. The van der Waals surface area contributed by atoms with Crippen molar-refractivity contribution < 1.29 is 4.74 Å². The van der Waals surface area contributed by atoms with E-state index in [-0.39, 0.29) is 11.1 Å². The first-order valence-electron chi connectivity index (χ1n) is 7.69. The monoisotopic (exact) mass is 296 g/mol. The summed E-state index contributed by atoms with van der Waals surface area (Å²) in [6.07, 6.45) is 5.90. The Balaban J connectivity index is 2.29. The number of hydrogen-bond donors (Lipinski definition) is 1. The molecule has 1 aliphatic rings. The highest BCUT2D eigenvalue weighted by Crippen LogP contribution is 2.37. The SMILES string of the molecule is CCNC(C)(CC(C)(C)OC)c1nc2c(s1)CCCC2. The number of aromatic nitrogens is 1. The molecule has 1 aliphatic carbocycles. The first-order valence-corrected chi connectivity index (χ1v) is 8.51. The molecule has 1 N–H and O–H groups in total. The second-order valence-electron chi connectivity index (χ2n) is 6.60. The number of aryl methyl sites for hydroxylation is 2. The number of nitrogens with zero attached hydrogens (tertiary/aromatic N) is 1. The summed E-state index contributed by atoms with van der Waals surface area (Å²) in [5.74, 6) is 0. The lowest BCUT2D eigenvalue weighted by molar-refractivity contribution is -0.00704. The molecule has 1 unspecified atom stereocenters. The third kappa shape index (κ3) is 3.41. The molecule has 0 radical (unpaired) electrons. The van der Waals surface area contributed by atoms with E-state index in [1.165, 1.54) is 34.8 Å². The van der Waals surface area contributed by atoms with Crippen LogP contribution in [0.4, 0.5) is 0 Å². The molecule has 0 saturated heterocycles.